The summed E-state index contributed by atoms with van der Waals surface area (Å²) in [6.07, 6.45) is 9.28. The van der Waals surface area contributed by atoms with Gasteiger partial charge in [-0.1, -0.05) is 12.8 Å². The Balaban J connectivity index is 2.13. The van der Waals surface area contributed by atoms with Gasteiger partial charge in [-0.3, -0.25) is 0 Å². The van der Waals surface area contributed by atoms with Gasteiger partial charge in [0.15, 0.2) is 0 Å². The van der Waals surface area contributed by atoms with E-state index < -0.39 is 0 Å². The van der Waals surface area contributed by atoms with E-state index in [9.17, 15) is 0 Å². The van der Waals surface area contributed by atoms with Crippen LogP contribution >= 0.6 is 11.8 Å². The molecule has 1 heterocycles. The Bertz CT molecular complexity index is 318. The summed E-state index contributed by atoms with van der Waals surface area (Å²) in [4.78, 5) is 4.25. The molecule has 0 aliphatic rings. The number of nitrogens with zero attached hydrogens (tertiary/aromatic N) is 1. The normalized spacial score (nSPS) is 10.3. The number of unbranched alkanes of at least 4 members (excludes halogenated alkanes) is 3. The largest absolute Gasteiger partial charge is 0.385 e. The lowest BCUT2D eigenvalue weighted by Crippen LogP contribution is -2.04. The minimum Gasteiger partial charge on any atom is -0.385 e. The predicted molar refractivity (Wildman–Crippen MR) is 83.7 cm³/mol. The van der Waals surface area contributed by atoms with Crippen molar-refractivity contribution in [1.82, 2.24) is 4.98 Å². The summed E-state index contributed by atoms with van der Waals surface area (Å²) in [7, 11) is 0. The molecular weight excluding hydrogens is 242 g/mol. The second-order valence-corrected chi connectivity index (χ2v) is 5.28. The number of nitrogens with one attached hydrogen (secondary N) is 2. The Morgan fingerprint density at radius 3 is 2.78 bits per heavy atom. The second-order valence-electron chi connectivity index (χ2n) is 4.29. The molecular formula is C14H25N3S. The lowest BCUT2D eigenvalue weighted by molar-refractivity contribution is 0.689. The SMILES string of the molecule is CCNc1cc(NCCCCCCSC)ccn1. The Morgan fingerprint density at radius 1 is 1.17 bits per heavy atom. The van der Waals surface area contributed by atoms with Crippen molar-refractivity contribution in [2.24, 2.45) is 0 Å². The van der Waals surface area contributed by atoms with E-state index in [1.807, 2.05) is 24.0 Å². The number of hydrogen-bond donors (Lipinski definition) is 2. The number of thioether (sulfide) groups is 1. The molecule has 0 amide bonds. The van der Waals surface area contributed by atoms with E-state index in [0.29, 0.717) is 0 Å². The Hall–Kier alpha value is -0.900. The van der Waals surface area contributed by atoms with Crippen molar-refractivity contribution >= 4 is 23.3 Å². The zero-order chi connectivity index (χ0) is 13.1. The minimum absolute atomic E-state index is 0.909. The van der Waals surface area contributed by atoms with Crippen molar-refractivity contribution in [2.45, 2.75) is 32.6 Å². The lowest BCUT2D eigenvalue weighted by atomic mass is 10.2. The van der Waals surface area contributed by atoms with E-state index in [1.165, 1.54) is 31.4 Å². The monoisotopic (exact) mass is 267 g/mol. The van der Waals surface area contributed by atoms with Gasteiger partial charge in [0, 0.05) is 31.0 Å². The standard InChI is InChI=1S/C14H25N3S/c1-3-15-14-12-13(8-10-17-14)16-9-6-4-5-7-11-18-2/h8,10,12H,3-7,9,11H2,1-2H3,(H2,15,16,17). The van der Waals surface area contributed by atoms with Crippen molar-refractivity contribution in [3.05, 3.63) is 18.3 Å². The maximum Gasteiger partial charge on any atom is 0.127 e. The lowest BCUT2D eigenvalue weighted by Gasteiger charge is -2.08. The fourth-order valence-corrected chi connectivity index (χ4v) is 2.27. The Kier molecular flexibility index (Phi) is 8.47. The molecule has 102 valence electrons. The zero-order valence-corrected chi connectivity index (χ0v) is 12.4. The first-order chi connectivity index (χ1) is 8.86. The van der Waals surface area contributed by atoms with Crippen molar-refractivity contribution in [1.29, 1.82) is 0 Å². The zero-order valence-electron chi connectivity index (χ0n) is 11.5. The van der Waals surface area contributed by atoms with Gasteiger partial charge < -0.3 is 10.6 Å². The Labute approximate surface area is 115 Å². The van der Waals surface area contributed by atoms with Gasteiger partial charge in [0.25, 0.3) is 0 Å². The molecule has 0 bridgehead atoms. The van der Waals surface area contributed by atoms with Crippen molar-refractivity contribution in [2.75, 3.05) is 35.7 Å². The molecule has 0 atom stereocenters. The number of anilines is 2. The van der Waals surface area contributed by atoms with Crippen LogP contribution in [0.25, 0.3) is 0 Å². The fraction of sp³-hybridized carbons (Fsp3) is 0.643. The van der Waals surface area contributed by atoms with Gasteiger partial charge in [-0.2, -0.15) is 11.8 Å². The summed E-state index contributed by atoms with van der Waals surface area (Å²) in [5.41, 5.74) is 1.16. The quantitative estimate of drug-likeness (QED) is 0.631. The highest BCUT2D eigenvalue weighted by Gasteiger charge is 1.95. The highest BCUT2D eigenvalue weighted by molar-refractivity contribution is 7.98. The molecule has 0 aromatic carbocycles. The highest BCUT2D eigenvalue weighted by atomic mass is 32.2. The van der Waals surface area contributed by atoms with Crippen LogP contribution in [0.4, 0.5) is 11.5 Å². The summed E-state index contributed by atoms with van der Waals surface area (Å²) in [6.45, 7) is 4.04. The van der Waals surface area contributed by atoms with E-state index in [2.05, 4.69) is 34.9 Å². The summed E-state index contributed by atoms with van der Waals surface area (Å²) >= 11 is 1.94. The molecule has 0 saturated carbocycles. The molecule has 0 fully saturated rings. The van der Waals surface area contributed by atoms with Crippen LogP contribution in [0, 0.1) is 0 Å². The molecule has 0 unspecified atom stereocenters. The summed E-state index contributed by atoms with van der Waals surface area (Å²) in [5, 5.41) is 6.67. The minimum atomic E-state index is 0.909. The third-order valence-electron chi connectivity index (χ3n) is 2.72. The molecule has 0 aliphatic heterocycles. The first kappa shape index (κ1) is 15.2. The molecule has 0 spiro atoms. The van der Waals surface area contributed by atoms with Gasteiger partial charge in [-0.25, -0.2) is 4.98 Å². The molecule has 4 heteroatoms. The van der Waals surface area contributed by atoms with E-state index >= 15 is 0 Å². The summed E-state index contributed by atoms with van der Waals surface area (Å²) in [5.74, 6) is 2.24. The molecule has 3 nitrogen and oxygen atoms in total. The average molecular weight is 267 g/mol. The second kappa shape index (κ2) is 10.1. The Morgan fingerprint density at radius 2 is 2.00 bits per heavy atom. The predicted octanol–water partition coefficient (Wildman–Crippen LogP) is 3.85. The van der Waals surface area contributed by atoms with Crippen LogP contribution in [-0.4, -0.2) is 30.1 Å². The molecule has 1 aromatic heterocycles. The third kappa shape index (κ3) is 6.74. The highest BCUT2D eigenvalue weighted by Crippen LogP contribution is 2.12. The molecule has 2 N–H and O–H groups in total. The fourth-order valence-electron chi connectivity index (χ4n) is 1.78. The molecule has 0 aliphatic carbocycles. The number of rotatable bonds is 10. The summed E-state index contributed by atoms with van der Waals surface area (Å²) in [6, 6.07) is 4.09. The van der Waals surface area contributed by atoms with Gasteiger partial charge in [-0.15, -0.1) is 0 Å². The first-order valence-electron chi connectivity index (χ1n) is 6.79. The van der Waals surface area contributed by atoms with Crippen LogP contribution in [0.2, 0.25) is 0 Å². The summed E-state index contributed by atoms with van der Waals surface area (Å²) < 4.78 is 0. The maximum absolute atomic E-state index is 4.25. The maximum atomic E-state index is 4.25. The van der Waals surface area contributed by atoms with Gasteiger partial charge in [-0.05, 0) is 37.8 Å². The molecule has 0 saturated heterocycles. The van der Waals surface area contributed by atoms with Crippen LogP contribution in [0.15, 0.2) is 18.3 Å². The first-order valence-corrected chi connectivity index (χ1v) is 8.19. The van der Waals surface area contributed by atoms with Gasteiger partial charge in [0.2, 0.25) is 0 Å². The van der Waals surface area contributed by atoms with Crippen LogP contribution in [-0.2, 0) is 0 Å². The smallest absolute Gasteiger partial charge is 0.127 e. The molecule has 0 radical (unpaired) electrons. The van der Waals surface area contributed by atoms with E-state index in [1.54, 1.807) is 0 Å². The van der Waals surface area contributed by atoms with E-state index in [4.69, 9.17) is 0 Å². The third-order valence-corrected chi connectivity index (χ3v) is 3.42. The molecule has 18 heavy (non-hydrogen) atoms. The van der Waals surface area contributed by atoms with E-state index in [-0.39, 0.29) is 0 Å². The molecule has 1 aromatic rings. The van der Waals surface area contributed by atoms with Crippen LogP contribution in [0.1, 0.15) is 32.6 Å². The van der Waals surface area contributed by atoms with E-state index in [0.717, 1.165) is 24.6 Å². The van der Waals surface area contributed by atoms with Crippen molar-refractivity contribution in [3.63, 3.8) is 0 Å². The van der Waals surface area contributed by atoms with Crippen LogP contribution in [0.5, 0.6) is 0 Å². The van der Waals surface area contributed by atoms with Crippen molar-refractivity contribution < 1.29 is 0 Å². The van der Waals surface area contributed by atoms with Gasteiger partial charge >= 0.3 is 0 Å². The van der Waals surface area contributed by atoms with Crippen LogP contribution < -0.4 is 10.6 Å². The van der Waals surface area contributed by atoms with Gasteiger partial charge in [0.1, 0.15) is 5.82 Å². The van der Waals surface area contributed by atoms with Crippen LogP contribution in [0.3, 0.4) is 0 Å². The number of hydrogen-bond acceptors (Lipinski definition) is 4. The van der Waals surface area contributed by atoms with Crippen molar-refractivity contribution in [3.8, 4) is 0 Å². The topological polar surface area (TPSA) is 37.0 Å². The molecule has 1 rings (SSSR count). The average Bonchev–Trinajstić information content (AvgIpc) is 2.39. The number of aromatic nitrogens is 1. The number of pyridine rings is 1. The van der Waals surface area contributed by atoms with Gasteiger partial charge in [0.05, 0.1) is 0 Å².